The Morgan fingerprint density at radius 3 is 1.61 bits per heavy atom. The number of imidazole rings is 4. The van der Waals surface area contributed by atoms with Crippen LogP contribution in [-0.2, 0) is 89.3 Å². The number of hydrogen-bond acceptors (Lipinski definition) is 42. The smallest absolute Gasteiger partial charge is 0.307 e. The van der Waals surface area contributed by atoms with Gasteiger partial charge in [0.1, 0.15) is 85.1 Å². The van der Waals surface area contributed by atoms with Crippen LogP contribution in [0.3, 0.4) is 0 Å². The number of nitrogens with two attached hydrogens (primary N) is 3. The lowest BCUT2D eigenvalue weighted by Gasteiger charge is -2.35. The van der Waals surface area contributed by atoms with E-state index in [1.54, 1.807) is 7.05 Å². The number of aliphatic hydroxyl groups excluding tert-OH is 5. The van der Waals surface area contributed by atoms with Crippen molar-refractivity contribution in [3.8, 4) is 0 Å². The zero-order valence-electron chi connectivity index (χ0n) is 48.3. The minimum absolute atomic E-state index is 0.0600. The number of rotatable bonds is 25. The van der Waals surface area contributed by atoms with Gasteiger partial charge in [0.05, 0.1) is 58.7 Å². The highest BCUT2D eigenvalue weighted by atomic mass is 31.3. The highest BCUT2D eigenvalue weighted by Gasteiger charge is 2.53. The van der Waals surface area contributed by atoms with Gasteiger partial charge in [-0.25, -0.2) is 43.1 Å². The van der Waals surface area contributed by atoms with Crippen molar-refractivity contribution in [1.29, 1.82) is 0 Å². The molecule has 0 aliphatic carbocycles. The van der Waals surface area contributed by atoms with Gasteiger partial charge in [-0.15, -0.1) is 0 Å². The van der Waals surface area contributed by atoms with Crippen LogP contribution in [0.2, 0.25) is 0 Å². The van der Waals surface area contributed by atoms with Crippen molar-refractivity contribution in [3.63, 3.8) is 0 Å². The molecule has 0 aromatic carbocycles. The van der Waals surface area contributed by atoms with E-state index in [9.17, 15) is 82.4 Å². The van der Waals surface area contributed by atoms with Gasteiger partial charge in [-0.1, -0.05) is 4.98 Å². The number of methoxy groups -OCH3 is 1. The van der Waals surface area contributed by atoms with Crippen LogP contribution in [-0.4, -0.2) is 205 Å². The normalized spacial score (nSPS) is 31.1. The van der Waals surface area contributed by atoms with Crippen LogP contribution >= 0.6 is 39.1 Å². The molecule has 49 nitrogen and oxygen atoms in total. The summed E-state index contributed by atoms with van der Waals surface area (Å²) < 4.78 is 139. The minimum Gasteiger partial charge on any atom is -0.756 e. The number of aliphatic hydroxyl groups is 5. The van der Waals surface area contributed by atoms with E-state index < -0.39 is 186 Å². The Morgan fingerprint density at radius 1 is 0.552 bits per heavy atom. The van der Waals surface area contributed by atoms with E-state index in [1.165, 1.54) is 28.0 Å². The summed E-state index contributed by atoms with van der Waals surface area (Å²) in [4.78, 5) is 132. The summed E-state index contributed by atoms with van der Waals surface area (Å²) in [5.74, 6) is -1.02. The molecule has 0 amide bonds. The lowest BCUT2D eigenvalue weighted by molar-refractivity contribution is -0.745. The van der Waals surface area contributed by atoms with E-state index in [0.29, 0.717) is 5.52 Å². The lowest BCUT2D eigenvalue weighted by Crippen LogP contribution is -2.45. The maximum absolute atomic E-state index is 14.1. The summed E-state index contributed by atoms with van der Waals surface area (Å²) in [5.41, 5.74) is 15.0. The monoisotopic (exact) mass is 1460 g/mol. The van der Waals surface area contributed by atoms with Crippen LogP contribution < -0.4 is 57.4 Å². The first-order valence-corrected chi connectivity index (χ1v) is 34.5. The lowest BCUT2D eigenvalue weighted by atomic mass is 10.1. The second-order valence-corrected chi connectivity index (χ2v) is 28.4. The number of ether oxygens (including phenoxy) is 5. The molecule has 21 unspecified atom stereocenters. The average Bonchev–Trinajstić information content (AvgIpc) is 1.63. The standard InChI is InChI=1S/C42H54N19O30P5/c1-57-13-61(31-14(57)3-46-8-48-31)38-25(65)23(63)16(85-38)5-82-94(73,74)90-96(77,78)91-95(75,76)83-7-18-28(29(79-2)40(87-18)58-10-50-19-30(43)47-9-49-32(19)58)89-93(71,72)81-6-17-27(26(66)39(86-17)60-12-52-21-34(60)54-42(45)56-36(21)68)88-92(69,70)80-4-15-22(62)24(64)37(84-15)59-11-51-20-33(59)53-41(44)55-35(20)67/h3,8-13,15-18,22-29,37-40,62-66H,4-7H2,1-2H3,(H12-,43,44,45,47,49,53,54,55,56,67,68,69,70,71,72,73,74,75,76,77,78)/p-4. The van der Waals surface area contributed by atoms with Gasteiger partial charge in [0.2, 0.25) is 18.1 Å². The number of phosphoric ester groups is 4. The predicted octanol–water partition coefficient (Wildman–Crippen LogP) is -8.27. The van der Waals surface area contributed by atoms with E-state index in [-0.39, 0.29) is 45.4 Å². The van der Waals surface area contributed by atoms with Crippen LogP contribution in [0.1, 0.15) is 24.9 Å². The van der Waals surface area contributed by atoms with Crippen molar-refractivity contribution in [1.82, 2.24) is 73.1 Å². The van der Waals surface area contributed by atoms with E-state index in [4.69, 9.17) is 63.5 Å². The number of aromatic amines is 2. The Balaban J connectivity index is 0.741. The van der Waals surface area contributed by atoms with Crippen LogP contribution in [0.25, 0.3) is 44.7 Å². The number of aryl methyl sites for hydroxylation is 1. The number of anilines is 3. The first-order chi connectivity index (χ1) is 45.2. The summed E-state index contributed by atoms with van der Waals surface area (Å²) in [6, 6.07) is 0. The first kappa shape index (κ1) is 69.3. The van der Waals surface area contributed by atoms with Gasteiger partial charge >= 0.3 is 5.65 Å². The molecule has 96 heavy (non-hydrogen) atoms. The highest BCUT2D eigenvalue weighted by Crippen LogP contribution is 2.63. The third kappa shape index (κ3) is 13.8. The molecule has 4 fully saturated rings. The fourth-order valence-corrected chi connectivity index (χ4v) is 16.0. The number of nitrogens with zero attached hydrogens (tertiary/aromatic N) is 14. The van der Waals surface area contributed by atoms with Gasteiger partial charge in [0.15, 0.2) is 70.6 Å². The van der Waals surface area contributed by atoms with Gasteiger partial charge in [0.25, 0.3) is 50.2 Å². The molecule has 0 radical (unpaired) electrons. The molecule has 54 heteroatoms. The van der Waals surface area contributed by atoms with Crippen molar-refractivity contribution in [2.24, 2.45) is 7.05 Å². The fraction of sp³-hybridized carbons (Fsp3) is 0.524. The maximum Gasteiger partial charge on any atom is 0.307 e. The number of nitrogen functional groups attached to an aromatic ring is 3. The van der Waals surface area contributed by atoms with E-state index in [0.717, 1.165) is 46.1 Å². The van der Waals surface area contributed by atoms with E-state index >= 15 is 0 Å². The van der Waals surface area contributed by atoms with E-state index in [2.05, 4.69) is 68.0 Å². The van der Waals surface area contributed by atoms with Gasteiger partial charge in [0, 0.05) is 7.11 Å². The highest BCUT2D eigenvalue weighted by molar-refractivity contribution is 7.65. The van der Waals surface area contributed by atoms with Crippen LogP contribution in [0, 0.1) is 0 Å². The van der Waals surface area contributed by atoms with Gasteiger partial charge in [-0.3, -0.25) is 60.7 Å². The van der Waals surface area contributed by atoms with Crippen LogP contribution in [0.15, 0.2) is 53.7 Å². The largest absolute Gasteiger partial charge is 0.756 e. The average molecular weight is 1460 g/mol. The molecule has 0 saturated carbocycles. The van der Waals surface area contributed by atoms with Crippen molar-refractivity contribution in [2.45, 2.75) is 98.2 Å². The second-order valence-electron chi connectivity index (χ2n) is 21.1. The Morgan fingerprint density at radius 2 is 1.03 bits per heavy atom. The molecule has 21 atom stereocenters. The number of phosphoric acid groups is 5. The second kappa shape index (κ2) is 26.3. The topological polar surface area (TPSA) is 705 Å². The Labute approximate surface area is 530 Å². The molecular weight excluding hydrogens is 1410 g/mol. The molecule has 12 rings (SSSR count). The Kier molecular flexibility index (Phi) is 19.0. The number of nitrogens with one attached hydrogen (secondary N) is 2. The van der Waals surface area contributed by atoms with Gasteiger partial charge in [-0.2, -0.15) is 9.97 Å². The van der Waals surface area contributed by atoms with Crippen molar-refractivity contribution < 1.29 is 137 Å². The minimum atomic E-state index is -6.67. The van der Waals surface area contributed by atoms with Crippen molar-refractivity contribution in [2.75, 3.05) is 50.7 Å². The third-order valence-electron chi connectivity index (χ3n) is 15.0. The molecule has 8 aromatic rings. The summed E-state index contributed by atoms with van der Waals surface area (Å²) in [6.07, 6.45) is -22.2. The molecule has 4 aliphatic rings. The molecule has 8 aromatic heterocycles. The zero-order chi connectivity index (χ0) is 68.9. The molecule has 522 valence electrons. The quantitative estimate of drug-likeness (QED) is 0.0188. The molecule has 0 bridgehead atoms. The van der Waals surface area contributed by atoms with Crippen LogP contribution in [0.5, 0.6) is 0 Å². The molecule has 0 spiro atoms. The van der Waals surface area contributed by atoms with Gasteiger partial charge in [-0.05, 0) is 0 Å². The molecular formula is C42H50N19O30P5-4. The number of H-pyrrole nitrogens is 2. The zero-order valence-corrected chi connectivity index (χ0v) is 52.8. The SMILES string of the molecule is COC1C(OP(=O)([O-])OCC2OC(n3cnc4c(=O)[nH]c(N)nc43)C(O)C2OP(=O)([O-])OCC2OC(n3cnc4c(=O)[nH]c(N)nc43)C(O)C2O)C(COP(=O)([O-])OP(=O)([O-])OP(=O)([O-])OCC2OC([n+]3cn(C)c4cncnc43)C(O)C2O)OC1n1cnc2c(N)ncnc21. The first-order valence-electron chi connectivity index (χ1n) is 27.2. The third-order valence-corrected chi connectivity index (χ3v) is 21.1. The Hall–Kier alpha value is -6.57. The predicted molar refractivity (Wildman–Crippen MR) is 294 cm³/mol. The maximum atomic E-state index is 14.1. The Bertz CT molecular complexity index is 4640. The number of fused-ring (bicyclic) bond motifs is 4. The summed E-state index contributed by atoms with van der Waals surface area (Å²) in [5, 5.41) is 55.2. The number of aromatic nitrogens is 16. The number of hydrogen-bond donors (Lipinski definition) is 10. The van der Waals surface area contributed by atoms with Gasteiger partial charge < -0.3 is 118 Å². The summed E-state index contributed by atoms with van der Waals surface area (Å²) in [6.45, 7) is -5.29. The molecule has 12 heterocycles. The molecule has 4 aliphatic heterocycles. The molecule has 13 N–H and O–H groups in total. The summed E-state index contributed by atoms with van der Waals surface area (Å²) >= 11 is 0. The molecule has 4 saturated heterocycles. The van der Waals surface area contributed by atoms with E-state index in [1.807, 2.05) is 0 Å². The van der Waals surface area contributed by atoms with Crippen LogP contribution in [0.4, 0.5) is 17.7 Å². The van der Waals surface area contributed by atoms with Crippen molar-refractivity contribution >= 4 is 101 Å². The fourth-order valence-electron chi connectivity index (χ4n) is 10.7. The van der Waals surface area contributed by atoms with Crippen molar-refractivity contribution in [3.05, 3.63) is 64.9 Å². The summed E-state index contributed by atoms with van der Waals surface area (Å²) in [7, 11) is -28.7.